The van der Waals surface area contributed by atoms with E-state index in [4.69, 9.17) is 4.84 Å². The zero-order valence-electron chi connectivity index (χ0n) is 20.8. The summed E-state index contributed by atoms with van der Waals surface area (Å²) in [4.78, 5) is 21.4. The van der Waals surface area contributed by atoms with Gasteiger partial charge in [0.15, 0.2) is 0 Å². The molecule has 208 valence electrons. The second-order valence-electron chi connectivity index (χ2n) is 9.63. The number of nitrogens with zero attached hydrogens (tertiary/aromatic N) is 2. The number of benzene rings is 2. The third-order valence-electron chi connectivity index (χ3n) is 7.01. The Labute approximate surface area is 223 Å². The number of nitrogens with one attached hydrogen (secondary N) is 2. The van der Waals surface area contributed by atoms with Gasteiger partial charge in [0.1, 0.15) is 17.1 Å². The van der Waals surface area contributed by atoms with Crippen LogP contribution in [-0.2, 0) is 26.1 Å². The van der Waals surface area contributed by atoms with Gasteiger partial charge in [0.05, 0.1) is 4.90 Å². The highest BCUT2D eigenvalue weighted by molar-refractivity contribution is 7.89. The van der Waals surface area contributed by atoms with Crippen molar-refractivity contribution in [3.63, 3.8) is 0 Å². The van der Waals surface area contributed by atoms with E-state index in [0.717, 1.165) is 42.6 Å². The Morgan fingerprint density at radius 2 is 1.85 bits per heavy atom. The molecule has 0 radical (unpaired) electrons. The van der Waals surface area contributed by atoms with Crippen LogP contribution in [0.4, 0.5) is 13.2 Å². The van der Waals surface area contributed by atoms with Crippen molar-refractivity contribution in [2.75, 3.05) is 19.6 Å². The number of hydrogen-bond acceptors (Lipinski definition) is 6. The van der Waals surface area contributed by atoms with E-state index in [1.165, 1.54) is 15.3 Å². The molecule has 2 aliphatic rings. The standard InChI is InChI=1S/C26H27F3N4O5S/c27-26(28,29)37-19-7-9-20(10-8-19)39(35,36)33-14-11-25(12-15-33)16-23(32-38-25)24(34)30-13-3-4-18-17-31-22-6-2-1-5-21(18)22/h1-2,5-10,17,31H,3-4,11-16H2,(H,30,34). The fourth-order valence-corrected chi connectivity index (χ4v) is 6.37. The maximum atomic E-state index is 13.0. The van der Waals surface area contributed by atoms with E-state index in [-0.39, 0.29) is 36.0 Å². The number of carbonyl (C=O) groups is 1. The molecule has 1 aromatic heterocycles. The van der Waals surface area contributed by atoms with Crippen LogP contribution in [0.25, 0.3) is 10.9 Å². The number of aromatic nitrogens is 1. The molecule has 0 saturated carbocycles. The van der Waals surface area contributed by atoms with Gasteiger partial charge in [-0.25, -0.2) is 8.42 Å². The van der Waals surface area contributed by atoms with Gasteiger partial charge in [0.2, 0.25) is 10.0 Å². The lowest BCUT2D eigenvalue weighted by molar-refractivity contribution is -0.274. The first-order valence-electron chi connectivity index (χ1n) is 12.5. The maximum absolute atomic E-state index is 13.0. The number of halogens is 3. The lowest BCUT2D eigenvalue weighted by Crippen LogP contribution is -2.47. The molecule has 39 heavy (non-hydrogen) atoms. The lowest BCUT2D eigenvalue weighted by atomic mass is 9.87. The molecule has 0 unspecified atom stereocenters. The van der Waals surface area contributed by atoms with Crippen molar-refractivity contribution in [2.45, 2.75) is 49.0 Å². The summed E-state index contributed by atoms with van der Waals surface area (Å²) < 4.78 is 68.1. The molecular formula is C26H27F3N4O5S. The predicted molar refractivity (Wildman–Crippen MR) is 137 cm³/mol. The van der Waals surface area contributed by atoms with E-state index in [2.05, 4.69) is 26.3 Å². The molecule has 1 fully saturated rings. The average Bonchev–Trinajstić information content (AvgIpc) is 3.51. The van der Waals surface area contributed by atoms with Crippen molar-refractivity contribution in [3.05, 3.63) is 60.3 Å². The molecular weight excluding hydrogens is 537 g/mol. The number of amides is 1. The Kier molecular flexibility index (Phi) is 7.29. The zero-order chi connectivity index (χ0) is 27.7. The topological polar surface area (TPSA) is 113 Å². The van der Waals surface area contributed by atoms with Gasteiger partial charge in [0, 0.05) is 56.0 Å². The lowest BCUT2D eigenvalue weighted by Gasteiger charge is -2.36. The largest absolute Gasteiger partial charge is 0.573 e. The Morgan fingerprint density at radius 1 is 1.13 bits per heavy atom. The molecule has 1 saturated heterocycles. The fraction of sp³-hybridized carbons (Fsp3) is 0.385. The van der Waals surface area contributed by atoms with Crippen LogP contribution in [0.3, 0.4) is 0 Å². The number of rotatable bonds is 8. The first-order valence-corrected chi connectivity index (χ1v) is 13.9. The van der Waals surface area contributed by atoms with Crippen LogP contribution in [0.5, 0.6) is 5.75 Å². The molecule has 9 nitrogen and oxygen atoms in total. The Balaban J connectivity index is 1.09. The smallest absolute Gasteiger partial charge is 0.406 e. The van der Waals surface area contributed by atoms with E-state index < -0.39 is 27.7 Å². The van der Waals surface area contributed by atoms with Crippen molar-refractivity contribution < 1.29 is 36.0 Å². The summed E-state index contributed by atoms with van der Waals surface area (Å²) in [6.45, 7) is 0.722. The van der Waals surface area contributed by atoms with E-state index in [1.807, 2.05) is 24.4 Å². The van der Waals surface area contributed by atoms with Crippen LogP contribution in [0.15, 0.2) is 64.8 Å². The summed E-state index contributed by atoms with van der Waals surface area (Å²) >= 11 is 0. The van der Waals surface area contributed by atoms with Gasteiger partial charge < -0.3 is 19.9 Å². The average molecular weight is 565 g/mol. The second-order valence-corrected chi connectivity index (χ2v) is 11.6. The number of carbonyl (C=O) groups excluding carboxylic acids is 1. The van der Waals surface area contributed by atoms with Gasteiger partial charge in [-0.1, -0.05) is 23.4 Å². The van der Waals surface area contributed by atoms with Gasteiger partial charge in [-0.15, -0.1) is 13.2 Å². The molecule has 3 aromatic rings. The first kappa shape index (κ1) is 27.0. The minimum Gasteiger partial charge on any atom is -0.406 e. The third-order valence-corrected chi connectivity index (χ3v) is 8.93. The minimum atomic E-state index is -4.86. The molecule has 1 spiro atoms. The van der Waals surface area contributed by atoms with E-state index in [1.54, 1.807) is 0 Å². The summed E-state index contributed by atoms with van der Waals surface area (Å²) in [7, 11) is -3.92. The quantitative estimate of drug-likeness (QED) is 0.400. The number of alkyl halides is 3. The van der Waals surface area contributed by atoms with Crippen molar-refractivity contribution >= 4 is 32.5 Å². The Hall–Kier alpha value is -3.58. The van der Waals surface area contributed by atoms with Gasteiger partial charge in [-0.05, 0) is 48.7 Å². The summed E-state index contributed by atoms with van der Waals surface area (Å²) in [6.07, 6.45) is -0.403. The highest BCUT2D eigenvalue weighted by atomic mass is 32.2. The van der Waals surface area contributed by atoms with Crippen molar-refractivity contribution in [1.29, 1.82) is 0 Å². The molecule has 0 aliphatic carbocycles. The normalized spacial score (nSPS) is 17.7. The monoisotopic (exact) mass is 564 g/mol. The van der Waals surface area contributed by atoms with Crippen LogP contribution in [0.1, 0.15) is 31.2 Å². The fourth-order valence-electron chi connectivity index (χ4n) is 4.93. The number of ether oxygens (including phenoxy) is 1. The molecule has 13 heteroatoms. The summed E-state index contributed by atoms with van der Waals surface area (Å²) in [5, 5.41) is 8.04. The SMILES string of the molecule is O=C(NCCCc1c[nH]c2ccccc12)C1=NOC2(CCN(S(=O)(=O)c3ccc(OC(F)(F)F)cc3)CC2)C1. The molecule has 0 bridgehead atoms. The number of aromatic amines is 1. The van der Waals surface area contributed by atoms with Crippen molar-refractivity contribution in [3.8, 4) is 5.75 Å². The summed E-state index contributed by atoms with van der Waals surface area (Å²) in [5.41, 5.74) is 1.78. The van der Waals surface area contributed by atoms with Gasteiger partial charge in [-0.3, -0.25) is 4.79 Å². The van der Waals surface area contributed by atoms with Crippen LogP contribution >= 0.6 is 0 Å². The second kappa shape index (κ2) is 10.5. The molecule has 1 amide bonds. The highest BCUT2D eigenvalue weighted by Gasteiger charge is 2.45. The number of para-hydroxylation sites is 1. The third kappa shape index (κ3) is 6.04. The van der Waals surface area contributed by atoms with Gasteiger partial charge in [0.25, 0.3) is 5.91 Å². The molecule has 2 aliphatic heterocycles. The van der Waals surface area contributed by atoms with Gasteiger partial charge >= 0.3 is 6.36 Å². The molecule has 5 rings (SSSR count). The van der Waals surface area contributed by atoms with Crippen LogP contribution in [0.2, 0.25) is 0 Å². The van der Waals surface area contributed by atoms with Crippen LogP contribution in [0, 0.1) is 0 Å². The van der Waals surface area contributed by atoms with Gasteiger partial charge in [-0.2, -0.15) is 4.31 Å². The Morgan fingerprint density at radius 3 is 2.56 bits per heavy atom. The number of fused-ring (bicyclic) bond motifs is 1. The first-order chi connectivity index (χ1) is 18.5. The Bertz CT molecular complexity index is 1480. The summed E-state index contributed by atoms with van der Waals surface area (Å²) in [6, 6.07) is 12.1. The van der Waals surface area contributed by atoms with Crippen molar-refractivity contribution in [2.24, 2.45) is 5.16 Å². The molecule has 2 aromatic carbocycles. The minimum absolute atomic E-state index is 0.123. The van der Waals surface area contributed by atoms with E-state index in [0.29, 0.717) is 19.4 Å². The van der Waals surface area contributed by atoms with E-state index in [9.17, 15) is 26.4 Å². The number of aryl methyl sites for hydroxylation is 1. The van der Waals surface area contributed by atoms with Crippen LogP contribution < -0.4 is 10.1 Å². The predicted octanol–water partition coefficient (Wildman–Crippen LogP) is 4.12. The molecule has 3 heterocycles. The number of sulfonamides is 1. The van der Waals surface area contributed by atoms with Crippen LogP contribution in [-0.4, -0.2) is 60.9 Å². The van der Waals surface area contributed by atoms with Crippen molar-refractivity contribution in [1.82, 2.24) is 14.6 Å². The number of hydrogen-bond donors (Lipinski definition) is 2. The zero-order valence-corrected chi connectivity index (χ0v) is 21.6. The molecule has 0 atom stereocenters. The highest BCUT2D eigenvalue weighted by Crippen LogP contribution is 2.36. The number of H-pyrrole nitrogens is 1. The molecule has 2 N–H and O–H groups in total. The maximum Gasteiger partial charge on any atom is 0.573 e. The number of oxime groups is 1. The number of piperidine rings is 1. The summed E-state index contributed by atoms with van der Waals surface area (Å²) in [5.74, 6) is -0.804. The van der Waals surface area contributed by atoms with E-state index >= 15 is 0 Å².